The van der Waals surface area contributed by atoms with Crippen LogP contribution in [0.3, 0.4) is 0 Å². The standard InChI is InChI=1S/C17H16N2O3/c1-11(12-5-3-2-4-6-12)18-17(21)13-7-8-14-15(9-13)22-10-16(20)19-14/h2-9,11H,10H2,1H3,(H,18,21)(H,19,20)/t11-/m1/s1. The Morgan fingerprint density at radius 2 is 2.00 bits per heavy atom. The maximum atomic E-state index is 12.3. The first-order valence-corrected chi connectivity index (χ1v) is 7.06. The molecule has 2 aromatic carbocycles. The van der Waals surface area contributed by atoms with Crippen molar-refractivity contribution in [1.29, 1.82) is 0 Å². The number of nitrogens with one attached hydrogen (secondary N) is 2. The smallest absolute Gasteiger partial charge is 0.262 e. The molecule has 0 saturated carbocycles. The number of hydrogen-bond acceptors (Lipinski definition) is 3. The maximum Gasteiger partial charge on any atom is 0.262 e. The first-order chi connectivity index (χ1) is 10.6. The molecule has 0 aliphatic carbocycles. The van der Waals surface area contributed by atoms with Crippen LogP contribution in [0, 0.1) is 0 Å². The third kappa shape index (κ3) is 2.93. The zero-order chi connectivity index (χ0) is 15.5. The molecule has 0 bridgehead atoms. The van der Waals surface area contributed by atoms with Crippen molar-refractivity contribution in [3.8, 4) is 5.75 Å². The van der Waals surface area contributed by atoms with Crippen LogP contribution in [0.25, 0.3) is 0 Å². The molecule has 0 fully saturated rings. The SMILES string of the molecule is C[C@@H](NC(=O)c1ccc2c(c1)OCC(=O)N2)c1ccccc1. The minimum atomic E-state index is -0.192. The number of amides is 2. The van der Waals surface area contributed by atoms with Crippen LogP contribution in [-0.4, -0.2) is 18.4 Å². The van der Waals surface area contributed by atoms with Crippen molar-refractivity contribution in [2.24, 2.45) is 0 Å². The molecule has 1 atom stereocenters. The molecule has 112 valence electrons. The first kappa shape index (κ1) is 14.1. The second-order valence-electron chi connectivity index (χ2n) is 5.15. The highest BCUT2D eigenvalue weighted by molar-refractivity contribution is 5.99. The van der Waals surface area contributed by atoms with E-state index in [-0.39, 0.29) is 24.5 Å². The first-order valence-electron chi connectivity index (χ1n) is 7.06. The summed E-state index contributed by atoms with van der Waals surface area (Å²) < 4.78 is 5.32. The van der Waals surface area contributed by atoms with Crippen molar-refractivity contribution >= 4 is 17.5 Å². The summed E-state index contributed by atoms with van der Waals surface area (Å²) in [6.45, 7) is 1.90. The molecule has 0 spiro atoms. The van der Waals surface area contributed by atoms with Gasteiger partial charge in [0.05, 0.1) is 11.7 Å². The van der Waals surface area contributed by atoms with E-state index in [1.54, 1.807) is 18.2 Å². The van der Waals surface area contributed by atoms with E-state index >= 15 is 0 Å². The predicted molar refractivity (Wildman–Crippen MR) is 82.9 cm³/mol. The predicted octanol–water partition coefficient (Wildman–Crippen LogP) is 2.51. The van der Waals surface area contributed by atoms with Gasteiger partial charge in [-0.3, -0.25) is 9.59 Å². The molecule has 5 heteroatoms. The topological polar surface area (TPSA) is 67.4 Å². The second-order valence-corrected chi connectivity index (χ2v) is 5.15. The molecule has 3 rings (SSSR count). The highest BCUT2D eigenvalue weighted by Crippen LogP contribution is 2.28. The van der Waals surface area contributed by atoms with Gasteiger partial charge in [0.25, 0.3) is 11.8 Å². The molecule has 0 radical (unpaired) electrons. The van der Waals surface area contributed by atoms with Crippen LogP contribution in [0.2, 0.25) is 0 Å². The molecule has 22 heavy (non-hydrogen) atoms. The number of rotatable bonds is 3. The Kier molecular flexibility index (Phi) is 3.78. The van der Waals surface area contributed by atoms with Gasteiger partial charge in [-0.2, -0.15) is 0 Å². The maximum absolute atomic E-state index is 12.3. The number of carbonyl (C=O) groups excluding carboxylic acids is 2. The van der Waals surface area contributed by atoms with Crippen molar-refractivity contribution < 1.29 is 14.3 Å². The van der Waals surface area contributed by atoms with Gasteiger partial charge in [0.15, 0.2) is 6.61 Å². The fourth-order valence-corrected chi connectivity index (χ4v) is 2.32. The minimum absolute atomic E-state index is 0.0293. The summed E-state index contributed by atoms with van der Waals surface area (Å²) >= 11 is 0. The lowest BCUT2D eigenvalue weighted by Gasteiger charge is -2.19. The van der Waals surface area contributed by atoms with Crippen LogP contribution >= 0.6 is 0 Å². The number of ether oxygens (including phenoxy) is 1. The molecule has 0 unspecified atom stereocenters. The van der Waals surface area contributed by atoms with E-state index in [1.807, 2.05) is 37.3 Å². The van der Waals surface area contributed by atoms with E-state index in [0.29, 0.717) is 17.0 Å². The van der Waals surface area contributed by atoms with Gasteiger partial charge in [0.2, 0.25) is 0 Å². The van der Waals surface area contributed by atoms with Gasteiger partial charge < -0.3 is 15.4 Å². The van der Waals surface area contributed by atoms with Gasteiger partial charge in [0, 0.05) is 5.56 Å². The van der Waals surface area contributed by atoms with Crippen LogP contribution < -0.4 is 15.4 Å². The van der Waals surface area contributed by atoms with Crippen LogP contribution in [0.5, 0.6) is 5.75 Å². The van der Waals surface area contributed by atoms with E-state index in [1.165, 1.54) is 0 Å². The third-order valence-electron chi connectivity index (χ3n) is 3.52. The van der Waals surface area contributed by atoms with Gasteiger partial charge in [0.1, 0.15) is 5.75 Å². The van der Waals surface area contributed by atoms with Crippen LogP contribution in [0.1, 0.15) is 28.9 Å². The molecular formula is C17H16N2O3. The average Bonchev–Trinajstić information content (AvgIpc) is 2.55. The third-order valence-corrected chi connectivity index (χ3v) is 3.52. The molecule has 0 saturated heterocycles. The normalized spacial score (nSPS) is 14.3. The molecule has 2 N–H and O–H groups in total. The number of benzene rings is 2. The molecular weight excluding hydrogens is 280 g/mol. The fraction of sp³-hybridized carbons (Fsp3) is 0.176. The highest BCUT2D eigenvalue weighted by Gasteiger charge is 2.18. The van der Waals surface area contributed by atoms with Crippen molar-refractivity contribution in [2.45, 2.75) is 13.0 Å². The molecule has 2 amide bonds. The number of carbonyl (C=O) groups is 2. The van der Waals surface area contributed by atoms with Crippen LogP contribution in [0.15, 0.2) is 48.5 Å². The minimum Gasteiger partial charge on any atom is -0.482 e. The Bertz CT molecular complexity index is 713. The summed E-state index contributed by atoms with van der Waals surface area (Å²) in [6, 6.07) is 14.6. The lowest BCUT2D eigenvalue weighted by atomic mass is 10.1. The Labute approximate surface area is 128 Å². The summed E-state index contributed by atoms with van der Waals surface area (Å²) in [5.74, 6) is 0.140. The van der Waals surface area contributed by atoms with Gasteiger partial charge in [-0.1, -0.05) is 30.3 Å². The summed E-state index contributed by atoms with van der Waals surface area (Å²) in [6.07, 6.45) is 0. The largest absolute Gasteiger partial charge is 0.482 e. The van der Waals surface area contributed by atoms with Gasteiger partial charge >= 0.3 is 0 Å². The summed E-state index contributed by atoms with van der Waals surface area (Å²) in [5, 5.41) is 5.64. The second kappa shape index (κ2) is 5.89. The van der Waals surface area contributed by atoms with Crippen molar-refractivity contribution in [3.63, 3.8) is 0 Å². The van der Waals surface area contributed by atoms with Crippen LogP contribution in [-0.2, 0) is 4.79 Å². The lowest BCUT2D eigenvalue weighted by Crippen LogP contribution is -2.28. The Balaban J connectivity index is 1.74. The number of hydrogen-bond donors (Lipinski definition) is 2. The van der Waals surface area contributed by atoms with E-state index in [4.69, 9.17) is 4.74 Å². The summed E-state index contributed by atoms with van der Waals surface area (Å²) in [4.78, 5) is 23.6. The van der Waals surface area contributed by atoms with Gasteiger partial charge in [-0.25, -0.2) is 0 Å². The molecule has 1 heterocycles. The van der Waals surface area contributed by atoms with E-state index in [9.17, 15) is 9.59 Å². The van der Waals surface area contributed by atoms with Crippen molar-refractivity contribution in [2.75, 3.05) is 11.9 Å². The Hall–Kier alpha value is -2.82. The monoisotopic (exact) mass is 296 g/mol. The highest BCUT2D eigenvalue weighted by atomic mass is 16.5. The van der Waals surface area contributed by atoms with Crippen LogP contribution in [0.4, 0.5) is 5.69 Å². The zero-order valence-corrected chi connectivity index (χ0v) is 12.1. The number of fused-ring (bicyclic) bond motifs is 1. The van der Waals surface area contributed by atoms with Gasteiger partial charge in [-0.05, 0) is 30.7 Å². The summed E-state index contributed by atoms with van der Waals surface area (Å²) in [7, 11) is 0. The van der Waals surface area contributed by atoms with Crippen molar-refractivity contribution in [3.05, 3.63) is 59.7 Å². The fourth-order valence-electron chi connectivity index (χ4n) is 2.32. The summed E-state index contributed by atoms with van der Waals surface area (Å²) in [5.41, 5.74) is 2.12. The van der Waals surface area contributed by atoms with E-state index < -0.39 is 0 Å². The Morgan fingerprint density at radius 3 is 2.77 bits per heavy atom. The van der Waals surface area contributed by atoms with Crippen molar-refractivity contribution in [1.82, 2.24) is 5.32 Å². The zero-order valence-electron chi connectivity index (χ0n) is 12.1. The lowest BCUT2D eigenvalue weighted by molar-refractivity contribution is -0.118. The quantitative estimate of drug-likeness (QED) is 0.914. The average molecular weight is 296 g/mol. The molecule has 1 aliphatic rings. The molecule has 2 aromatic rings. The number of anilines is 1. The molecule has 1 aliphatic heterocycles. The Morgan fingerprint density at radius 1 is 1.23 bits per heavy atom. The van der Waals surface area contributed by atoms with E-state index in [0.717, 1.165) is 5.56 Å². The van der Waals surface area contributed by atoms with Gasteiger partial charge in [-0.15, -0.1) is 0 Å². The van der Waals surface area contributed by atoms with E-state index in [2.05, 4.69) is 10.6 Å². The molecule has 0 aromatic heterocycles. The molecule has 5 nitrogen and oxygen atoms in total.